The molecule has 1 aromatic carbocycles. The number of carboxylic acids is 1. The second-order valence-corrected chi connectivity index (χ2v) is 4.13. The van der Waals surface area contributed by atoms with E-state index in [-0.39, 0.29) is 18.2 Å². The fourth-order valence-corrected chi connectivity index (χ4v) is 1.88. The number of carbonyl (C=O) groups excluding carboxylic acids is 1. The lowest BCUT2D eigenvalue weighted by molar-refractivity contribution is -0.137. The number of rotatable bonds is 6. The van der Waals surface area contributed by atoms with Gasteiger partial charge in [0.25, 0.3) is 0 Å². The van der Waals surface area contributed by atoms with Crippen LogP contribution in [0.4, 0.5) is 0 Å². The summed E-state index contributed by atoms with van der Waals surface area (Å²) >= 11 is 1.46. The van der Waals surface area contributed by atoms with Crippen LogP contribution in [0.15, 0.2) is 30.3 Å². The summed E-state index contributed by atoms with van der Waals surface area (Å²) < 4.78 is 0. The van der Waals surface area contributed by atoms with Gasteiger partial charge in [0, 0.05) is 5.75 Å². The Balaban J connectivity index is 2.16. The van der Waals surface area contributed by atoms with Crippen LogP contribution in [0.1, 0.15) is 5.56 Å². The zero-order valence-electron chi connectivity index (χ0n) is 8.68. The van der Waals surface area contributed by atoms with E-state index in [2.05, 4.69) is 5.32 Å². The molecule has 1 rings (SSSR count). The van der Waals surface area contributed by atoms with Crippen molar-refractivity contribution in [3.05, 3.63) is 35.9 Å². The van der Waals surface area contributed by atoms with Gasteiger partial charge in [-0.1, -0.05) is 30.3 Å². The second kappa shape index (κ2) is 6.90. The van der Waals surface area contributed by atoms with Gasteiger partial charge in [-0.25, -0.2) is 0 Å². The van der Waals surface area contributed by atoms with Crippen LogP contribution in [0, 0.1) is 0 Å². The highest BCUT2D eigenvalue weighted by Crippen LogP contribution is 2.10. The molecule has 0 fully saturated rings. The first kappa shape index (κ1) is 12.6. The molecule has 0 heterocycles. The highest BCUT2D eigenvalue weighted by atomic mass is 32.2. The van der Waals surface area contributed by atoms with Crippen molar-refractivity contribution in [2.24, 2.45) is 0 Å². The summed E-state index contributed by atoms with van der Waals surface area (Å²) in [6, 6.07) is 9.80. The molecule has 0 aliphatic rings. The maximum Gasteiger partial charge on any atom is 0.322 e. The molecule has 0 radical (unpaired) electrons. The van der Waals surface area contributed by atoms with E-state index >= 15 is 0 Å². The van der Waals surface area contributed by atoms with Gasteiger partial charge in [-0.05, 0) is 5.56 Å². The molecule has 4 nitrogen and oxygen atoms in total. The van der Waals surface area contributed by atoms with E-state index in [1.807, 2.05) is 30.3 Å². The molecule has 0 spiro atoms. The Bertz CT molecular complexity index is 354. The van der Waals surface area contributed by atoms with Crippen LogP contribution in [-0.2, 0) is 15.3 Å². The number of carboxylic acid groups (broad SMARTS) is 1. The van der Waals surface area contributed by atoms with Crippen molar-refractivity contribution in [2.45, 2.75) is 5.75 Å². The quantitative estimate of drug-likeness (QED) is 0.780. The highest BCUT2D eigenvalue weighted by molar-refractivity contribution is 7.99. The molecule has 0 bridgehead atoms. The van der Waals surface area contributed by atoms with Gasteiger partial charge in [-0.2, -0.15) is 0 Å². The summed E-state index contributed by atoms with van der Waals surface area (Å²) in [6.07, 6.45) is 0. The first-order valence-corrected chi connectivity index (χ1v) is 5.94. The average molecular weight is 239 g/mol. The molecule has 5 heteroatoms. The van der Waals surface area contributed by atoms with Crippen LogP contribution in [0.25, 0.3) is 0 Å². The fraction of sp³-hybridized carbons (Fsp3) is 0.273. The third-order valence-electron chi connectivity index (χ3n) is 1.78. The van der Waals surface area contributed by atoms with Crippen molar-refractivity contribution in [1.29, 1.82) is 0 Å². The van der Waals surface area contributed by atoms with Crippen LogP contribution in [-0.4, -0.2) is 29.3 Å². The number of amides is 1. The van der Waals surface area contributed by atoms with Crippen LogP contribution in [0.5, 0.6) is 0 Å². The zero-order valence-corrected chi connectivity index (χ0v) is 9.50. The zero-order chi connectivity index (χ0) is 11.8. The highest BCUT2D eigenvalue weighted by Gasteiger charge is 2.03. The first-order chi connectivity index (χ1) is 7.68. The third kappa shape index (κ3) is 5.41. The Labute approximate surface area is 98.0 Å². The van der Waals surface area contributed by atoms with Gasteiger partial charge in [0.05, 0.1) is 5.75 Å². The SMILES string of the molecule is O=C(O)CNC(=O)CSCc1ccccc1. The van der Waals surface area contributed by atoms with Crippen molar-refractivity contribution < 1.29 is 14.7 Å². The smallest absolute Gasteiger partial charge is 0.322 e. The Kier molecular flexibility index (Phi) is 5.42. The topological polar surface area (TPSA) is 66.4 Å². The molecule has 0 aliphatic carbocycles. The normalized spacial score (nSPS) is 9.75. The van der Waals surface area contributed by atoms with Gasteiger partial charge >= 0.3 is 5.97 Å². The van der Waals surface area contributed by atoms with E-state index in [0.717, 1.165) is 11.3 Å². The van der Waals surface area contributed by atoms with Crippen molar-refractivity contribution in [3.63, 3.8) is 0 Å². The molecule has 0 atom stereocenters. The van der Waals surface area contributed by atoms with Gasteiger partial charge in [0.2, 0.25) is 5.91 Å². The molecule has 0 saturated carbocycles. The van der Waals surface area contributed by atoms with E-state index in [9.17, 15) is 9.59 Å². The molecular formula is C11H13NO3S. The summed E-state index contributed by atoms with van der Waals surface area (Å²) in [4.78, 5) is 21.3. The van der Waals surface area contributed by atoms with Crippen molar-refractivity contribution in [3.8, 4) is 0 Å². The molecule has 1 amide bonds. The van der Waals surface area contributed by atoms with Crippen molar-refractivity contribution in [1.82, 2.24) is 5.32 Å². The summed E-state index contributed by atoms with van der Waals surface area (Å²) in [6.45, 7) is -0.315. The van der Waals surface area contributed by atoms with E-state index in [1.54, 1.807) is 0 Å². The van der Waals surface area contributed by atoms with Gasteiger partial charge in [0.15, 0.2) is 0 Å². The third-order valence-corrected chi connectivity index (χ3v) is 2.79. The number of hydrogen-bond acceptors (Lipinski definition) is 3. The molecule has 86 valence electrons. The minimum atomic E-state index is -1.03. The van der Waals surface area contributed by atoms with Gasteiger partial charge in [0.1, 0.15) is 6.54 Å². The predicted octanol–water partition coefficient (Wildman–Crippen LogP) is 1.12. The summed E-state index contributed by atoms with van der Waals surface area (Å²) in [5, 5.41) is 10.7. The molecule has 2 N–H and O–H groups in total. The van der Waals surface area contributed by atoms with E-state index in [4.69, 9.17) is 5.11 Å². The first-order valence-electron chi connectivity index (χ1n) is 4.78. The van der Waals surface area contributed by atoms with Crippen LogP contribution in [0.2, 0.25) is 0 Å². The monoisotopic (exact) mass is 239 g/mol. The molecule has 0 aliphatic heterocycles. The largest absolute Gasteiger partial charge is 0.480 e. The predicted molar refractivity (Wildman–Crippen MR) is 63.2 cm³/mol. The van der Waals surface area contributed by atoms with Crippen molar-refractivity contribution >= 4 is 23.6 Å². The Morgan fingerprint density at radius 2 is 1.94 bits per heavy atom. The van der Waals surface area contributed by atoms with Crippen molar-refractivity contribution in [2.75, 3.05) is 12.3 Å². The Hall–Kier alpha value is -1.49. The number of carbonyl (C=O) groups is 2. The molecule has 0 unspecified atom stereocenters. The molecule has 16 heavy (non-hydrogen) atoms. The van der Waals surface area contributed by atoms with Gasteiger partial charge < -0.3 is 10.4 Å². The van der Waals surface area contributed by atoms with Crippen LogP contribution < -0.4 is 5.32 Å². The Morgan fingerprint density at radius 3 is 2.56 bits per heavy atom. The maximum absolute atomic E-state index is 11.1. The summed E-state index contributed by atoms with van der Waals surface area (Å²) in [5.74, 6) is -0.242. The second-order valence-electron chi connectivity index (χ2n) is 3.15. The standard InChI is InChI=1S/C11H13NO3S/c13-10(12-6-11(14)15)8-16-7-9-4-2-1-3-5-9/h1-5H,6-8H2,(H,12,13)(H,14,15). The molecule has 1 aromatic rings. The van der Waals surface area contributed by atoms with Gasteiger partial charge in [-0.3, -0.25) is 9.59 Å². The van der Waals surface area contributed by atoms with E-state index in [0.29, 0.717) is 0 Å². The fourth-order valence-electron chi connectivity index (χ4n) is 1.06. The van der Waals surface area contributed by atoms with E-state index < -0.39 is 5.97 Å². The number of benzene rings is 1. The number of aliphatic carboxylic acids is 1. The minimum Gasteiger partial charge on any atom is -0.480 e. The average Bonchev–Trinajstić information content (AvgIpc) is 2.28. The van der Waals surface area contributed by atoms with E-state index in [1.165, 1.54) is 11.8 Å². The molecule has 0 saturated heterocycles. The van der Waals surface area contributed by atoms with Crippen LogP contribution >= 0.6 is 11.8 Å². The van der Waals surface area contributed by atoms with Gasteiger partial charge in [-0.15, -0.1) is 11.8 Å². The lowest BCUT2D eigenvalue weighted by atomic mass is 10.2. The number of nitrogens with one attached hydrogen (secondary N) is 1. The number of hydrogen-bond donors (Lipinski definition) is 2. The Morgan fingerprint density at radius 1 is 1.25 bits per heavy atom. The number of thioether (sulfide) groups is 1. The lowest BCUT2D eigenvalue weighted by Gasteiger charge is -2.02. The maximum atomic E-state index is 11.1. The minimum absolute atomic E-state index is 0.247. The summed E-state index contributed by atoms with van der Waals surface area (Å²) in [5.41, 5.74) is 1.15. The summed E-state index contributed by atoms with van der Waals surface area (Å²) in [7, 11) is 0. The lowest BCUT2D eigenvalue weighted by Crippen LogP contribution is -2.30. The van der Waals surface area contributed by atoms with Crippen LogP contribution in [0.3, 0.4) is 0 Å². The molecular weight excluding hydrogens is 226 g/mol. The molecule has 0 aromatic heterocycles.